The summed E-state index contributed by atoms with van der Waals surface area (Å²) in [6.45, 7) is 0. The highest BCUT2D eigenvalue weighted by atomic mass is 35.5. The Kier molecular flexibility index (Phi) is 3.23. The third kappa shape index (κ3) is 2.62. The van der Waals surface area contributed by atoms with Crippen molar-refractivity contribution in [3.05, 3.63) is 59.0 Å². The molecule has 0 bridgehead atoms. The second-order valence-corrected chi connectivity index (χ2v) is 4.92. The molecule has 0 aliphatic carbocycles. The minimum absolute atomic E-state index is 0.597. The van der Waals surface area contributed by atoms with Crippen molar-refractivity contribution >= 4 is 23.2 Å². The van der Waals surface area contributed by atoms with E-state index in [9.17, 15) is 0 Å². The average Bonchev–Trinajstić information content (AvgIpc) is 2.88. The highest BCUT2D eigenvalue weighted by molar-refractivity contribution is 6.35. The van der Waals surface area contributed by atoms with Gasteiger partial charge in [0.2, 0.25) is 0 Å². The van der Waals surface area contributed by atoms with Crippen LogP contribution in [0.4, 0.5) is 0 Å². The molecule has 1 N–H and O–H groups in total. The van der Waals surface area contributed by atoms with Crippen molar-refractivity contribution in [2.45, 2.75) is 0 Å². The molecule has 0 atom stereocenters. The summed E-state index contributed by atoms with van der Waals surface area (Å²) in [6, 6.07) is 9.20. The topological polar surface area (TPSA) is 41.6 Å². The van der Waals surface area contributed by atoms with E-state index in [0.717, 1.165) is 22.6 Å². The number of benzene rings is 1. The van der Waals surface area contributed by atoms with Crippen LogP contribution in [0.1, 0.15) is 0 Å². The Morgan fingerprint density at radius 2 is 1.74 bits per heavy atom. The van der Waals surface area contributed by atoms with E-state index in [1.807, 2.05) is 24.3 Å². The molecule has 2 heterocycles. The minimum atomic E-state index is 0.597. The van der Waals surface area contributed by atoms with E-state index in [-0.39, 0.29) is 0 Å². The summed E-state index contributed by atoms with van der Waals surface area (Å²) in [5, 5.41) is 1.19. The molecule has 0 unspecified atom stereocenters. The fourth-order valence-electron chi connectivity index (χ4n) is 1.83. The van der Waals surface area contributed by atoms with Crippen LogP contribution in [-0.4, -0.2) is 15.0 Å². The summed E-state index contributed by atoms with van der Waals surface area (Å²) in [4.78, 5) is 11.6. The first-order valence-corrected chi connectivity index (χ1v) is 6.40. The zero-order valence-electron chi connectivity index (χ0n) is 9.77. The van der Waals surface area contributed by atoms with Gasteiger partial charge in [-0.05, 0) is 30.3 Å². The Bertz CT molecular complexity index is 687. The number of pyridine rings is 1. The van der Waals surface area contributed by atoms with Crippen LogP contribution >= 0.6 is 23.2 Å². The normalized spacial score (nSPS) is 10.6. The molecule has 3 rings (SSSR count). The van der Waals surface area contributed by atoms with E-state index < -0.39 is 0 Å². The van der Waals surface area contributed by atoms with Crippen molar-refractivity contribution in [1.82, 2.24) is 15.0 Å². The highest BCUT2D eigenvalue weighted by Gasteiger charge is 2.07. The largest absolute Gasteiger partial charge is 0.338 e. The smallest absolute Gasteiger partial charge is 0.139 e. The molecule has 0 amide bonds. The van der Waals surface area contributed by atoms with Gasteiger partial charge in [-0.1, -0.05) is 23.2 Å². The Balaban J connectivity index is 2.02. The van der Waals surface area contributed by atoms with E-state index >= 15 is 0 Å². The van der Waals surface area contributed by atoms with Gasteiger partial charge in [0.1, 0.15) is 5.82 Å². The number of hydrogen-bond acceptors (Lipinski definition) is 2. The maximum Gasteiger partial charge on any atom is 0.139 e. The van der Waals surface area contributed by atoms with Gasteiger partial charge in [0.15, 0.2) is 0 Å². The number of rotatable bonds is 2. The summed E-state index contributed by atoms with van der Waals surface area (Å²) in [5.41, 5.74) is 2.70. The Morgan fingerprint density at radius 3 is 2.42 bits per heavy atom. The Labute approximate surface area is 120 Å². The van der Waals surface area contributed by atoms with Gasteiger partial charge in [-0.15, -0.1) is 0 Å². The first kappa shape index (κ1) is 12.2. The van der Waals surface area contributed by atoms with Crippen molar-refractivity contribution in [2.75, 3.05) is 0 Å². The van der Waals surface area contributed by atoms with Crippen LogP contribution in [0.25, 0.3) is 22.6 Å². The fraction of sp³-hybridized carbons (Fsp3) is 0. The lowest BCUT2D eigenvalue weighted by Gasteiger charge is -2.00. The maximum absolute atomic E-state index is 6.00. The summed E-state index contributed by atoms with van der Waals surface area (Å²) >= 11 is 12.0. The summed E-state index contributed by atoms with van der Waals surface area (Å²) < 4.78 is 0. The quantitative estimate of drug-likeness (QED) is 0.757. The van der Waals surface area contributed by atoms with Gasteiger partial charge in [0.25, 0.3) is 0 Å². The fourth-order valence-corrected chi connectivity index (χ4v) is 2.35. The molecule has 0 saturated carbocycles. The van der Waals surface area contributed by atoms with Gasteiger partial charge in [0.05, 0.1) is 11.9 Å². The third-order valence-corrected chi connectivity index (χ3v) is 3.12. The van der Waals surface area contributed by atoms with Gasteiger partial charge in [0, 0.05) is 33.6 Å². The number of halogens is 2. The van der Waals surface area contributed by atoms with E-state index in [1.165, 1.54) is 0 Å². The zero-order valence-corrected chi connectivity index (χ0v) is 11.3. The van der Waals surface area contributed by atoms with Gasteiger partial charge in [-0.25, -0.2) is 4.98 Å². The molecule has 0 spiro atoms. The number of aromatic amines is 1. The molecule has 0 aliphatic heterocycles. The molecule has 0 saturated heterocycles. The third-order valence-electron chi connectivity index (χ3n) is 2.68. The van der Waals surface area contributed by atoms with Crippen molar-refractivity contribution in [3.63, 3.8) is 0 Å². The lowest BCUT2D eigenvalue weighted by atomic mass is 10.2. The van der Waals surface area contributed by atoms with Gasteiger partial charge in [-0.3, -0.25) is 4.98 Å². The molecule has 5 heteroatoms. The first-order valence-electron chi connectivity index (χ1n) is 5.64. The van der Waals surface area contributed by atoms with Crippen LogP contribution in [0.5, 0.6) is 0 Å². The van der Waals surface area contributed by atoms with Gasteiger partial charge in [-0.2, -0.15) is 0 Å². The molecule has 3 aromatic rings. The van der Waals surface area contributed by atoms with Crippen molar-refractivity contribution in [2.24, 2.45) is 0 Å². The summed E-state index contributed by atoms with van der Waals surface area (Å²) in [6.07, 6.45) is 5.24. The number of hydrogen-bond donors (Lipinski definition) is 1. The van der Waals surface area contributed by atoms with Crippen LogP contribution < -0.4 is 0 Å². The van der Waals surface area contributed by atoms with Crippen LogP contribution in [0.2, 0.25) is 10.0 Å². The summed E-state index contributed by atoms with van der Waals surface area (Å²) in [7, 11) is 0. The molecule has 0 aliphatic rings. The number of aromatic nitrogens is 3. The maximum atomic E-state index is 6.00. The van der Waals surface area contributed by atoms with Gasteiger partial charge >= 0.3 is 0 Å². The van der Waals surface area contributed by atoms with Crippen LogP contribution in [0.3, 0.4) is 0 Å². The molecule has 94 valence electrons. The van der Waals surface area contributed by atoms with Crippen molar-refractivity contribution in [1.29, 1.82) is 0 Å². The van der Waals surface area contributed by atoms with Crippen LogP contribution in [0.15, 0.2) is 48.9 Å². The SMILES string of the molecule is Clc1cc(Cl)cc(-c2cnc(-c3cccnc3)[nH]2)c1. The second kappa shape index (κ2) is 5.03. The first-order chi connectivity index (χ1) is 9.22. The molecule has 0 radical (unpaired) electrons. The van der Waals surface area contributed by atoms with E-state index in [1.54, 1.807) is 24.7 Å². The molecule has 19 heavy (non-hydrogen) atoms. The summed E-state index contributed by atoms with van der Waals surface area (Å²) in [5.74, 6) is 0.763. The lowest BCUT2D eigenvalue weighted by Crippen LogP contribution is -1.82. The predicted molar refractivity (Wildman–Crippen MR) is 77.3 cm³/mol. The predicted octanol–water partition coefficient (Wildman–Crippen LogP) is 4.45. The molecule has 2 aromatic heterocycles. The second-order valence-electron chi connectivity index (χ2n) is 4.05. The van der Waals surface area contributed by atoms with Crippen molar-refractivity contribution < 1.29 is 0 Å². The van der Waals surface area contributed by atoms with E-state index in [2.05, 4.69) is 15.0 Å². The number of imidazole rings is 1. The van der Waals surface area contributed by atoms with Crippen molar-refractivity contribution in [3.8, 4) is 22.6 Å². The zero-order chi connectivity index (χ0) is 13.2. The standard InChI is InChI=1S/C14H9Cl2N3/c15-11-4-10(5-12(16)6-11)13-8-18-14(19-13)9-2-1-3-17-7-9/h1-8H,(H,18,19). The lowest BCUT2D eigenvalue weighted by molar-refractivity contribution is 1.26. The molecule has 0 fully saturated rings. The number of nitrogens with one attached hydrogen (secondary N) is 1. The van der Waals surface area contributed by atoms with E-state index in [0.29, 0.717) is 10.0 Å². The monoisotopic (exact) mass is 289 g/mol. The average molecular weight is 290 g/mol. The number of nitrogens with zero attached hydrogens (tertiary/aromatic N) is 2. The van der Waals surface area contributed by atoms with Crippen LogP contribution in [0, 0.1) is 0 Å². The molecule has 1 aromatic carbocycles. The highest BCUT2D eigenvalue weighted by Crippen LogP contribution is 2.27. The minimum Gasteiger partial charge on any atom is -0.338 e. The molecular formula is C14H9Cl2N3. The van der Waals surface area contributed by atoms with E-state index in [4.69, 9.17) is 23.2 Å². The van der Waals surface area contributed by atoms with Gasteiger partial charge < -0.3 is 4.98 Å². The number of H-pyrrole nitrogens is 1. The Hall–Kier alpha value is -1.84. The van der Waals surface area contributed by atoms with Crippen LogP contribution in [-0.2, 0) is 0 Å². The Morgan fingerprint density at radius 1 is 0.947 bits per heavy atom. The molecular weight excluding hydrogens is 281 g/mol. The molecule has 3 nitrogen and oxygen atoms in total.